The van der Waals surface area contributed by atoms with Crippen LogP contribution in [0.3, 0.4) is 0 Å². The van der Waals surface area contributed by atoms with E-state index in [4.69, 9.17) is 23.9 Å². The molecule has 9 atom stereocenters. The van der Waals surface area contributed by atoms with Crippen molar-refractivity contribution in [2.45, 2.75) is 124 Å². The van der Waals surface area contributed by atoms with E-state index in [-0.39, 0.29) is 49.7 Å². The zero-order valence-corrected chi connectivity index (χ0v) is 37.8. The zero-order valence-electron chi connectivity index (χ0n) is 37.8. The third-order valence-electron chi connectivity index (χ3n) is 13.3. The van der Waals surface area contributed by atoms with E-state index >= 15 is 0 Å². The van der Waals surface area contributed by atoms with Gasteiger partial charge in [0.05, 0.1) is 41.2 Å². The van der Waals surface area contributed by atoms with E-state index in [1.54, 1.807) is 65.8 Å². The van der Waals surface area contributed by atoms with E-state index in [1.165, 1.54) is 27.2 Å². The van der Waals surface area contributed by atoms with Crippen LogP contribution >= 0.6 is 0 Å². The number of piperidine rings is 1. The number of rotatable bonds is 5. The Morgan fingerprint density at radius 3 is 2.29 bits per heavy atom. The number of amides is 1. The summed E-state index contributed by atoms with van der Waals surface area (Å²) in [5.41, 5.74) is -0.103. The fraction of sp³-hybridized carbons (Fsp3) is 0.596. The molecule has 0 radical (unpaired) electrons. The molecular formula is C47H64N4O11. The van der Waals surface area contributed by atoms with Crippen LogP contribution in [0.5, 0.6) is 17.2 Å². The maximum Gasteiger partial charge on any atom is 0.312 e. The Morgan fingerprint density at radius 1 is 0.984 bits per heavy atom. The van der Waals surface area contributed by atoms with Crippen molar-refractivity contribution in [1.29, 1.82) is 0 Å². The van der Waals surface area contributed by atoms with Crippen LogP contribution in [0.4, 0.5) is 5.69 Å². The van der Waals surface area contributed by atoms with Crippen LogP contribution in [0.1, 0.15) is 97.5 Å². The number of aromatic hydroxyl groups is 2. The summed E-state index contributed by atoms with van der Waals surface area (Å²) >= 11 is 0. The Hall–Kier alpha value is -4.83. The second kappa shape index (κ2) is 18.1. The third-order valence-corrected chi connectivity index (χ3v) is 13.3. The SMILES string of the molecule is CO[C@H]1/C=C/O[C@@]2(C)Oc3c(C)c(O)c4c(O)c(c5c(c4c3C2=O)NC2(CCN(CCC(C)C)CC2)N=5)=NC(=O)/C(C)=C\C=C\[C@H](C)[C@H](O)[C@@H](C)[C@@H](O)[C@@H](C)[C@H](OC(C)=O)[C@@H]1C. The second-order valence-electron chi connectivity index (χ2n) is 18.3. The smallest absolute Gasteiger partial charge is 0.312 e. The van der Waals surface area contributed by atoms with Crippen molar-refractivity contribution in [3.8, 4) is 17.2 Å². The van der Waals surface area contributed by atoms with Gasteiger partial charge in [0.25, 0.3) is 11.7 Å². The minimum atomic E-state index is -1.95. The molecule has 4 aliphatic rings. The monoisotopic (exact) mass is 860 g/mol. The molecule has 1 spiro atoms. The zero-order chi connectivity index (χ0) is 45.6. The van der Waals surface area contributed by atoms with Gasteiger partial charge in [0.15, 0.2) is 5.75 Å². The number of aliphatic hydroxyl groups excluding tert-OH is 2. The molecule has 0 saturated carbocycles. The minimum absolute atomic E-state index is 0.0558. The number of carbonyl (C=O) groups is 3. The number of ether oxygens (including phenoxy) is 4. The fourth-order valence-electron chi connectivity index (χ4n) is 9.20. The topological polar surface area (TPSA) is 209 Å². The van der Waals surface area contributed by atoms with Crippen molar-refractivity contribution >= 4 is 34.1 Å². The summed E-state index contributed by atoms with van der Waals surface area (Å²) in [6, 6.07) is 0. The normalized spacial score (nSPS) is 32.3. The summed E-state index contributed by atoms with van der Waals surface area (Å²) in [6.45, 7) is 19.7. The lowest BCUT2D eigenvalue weighted by atomic mass is 9.78. The lowest BCUT2D eigenvalue weighted by molar-refractivity contribution is -0.160. The average molecular weight is 861 g/mol. The highest BCUT2D eigenvalue weighted by molar-refractivity contribution is 6.21. The van der Waals surface area contributed by atoms with Gasteiger partial charge in [0, 0.05) is 87.1 Å². The number of esters is 1. The van der Waals surface area contributed by atoms with Gasteiger partial charge in [0.1, 0.15) is 34.0 Å². The van der Waals surface area contributed by atoms with E-state index in [1.807, 2.05) is 0 Å². The minimum Gasteiger partial charge on any atom is -0.507 e. The van der Waals surface area contributed by atoms with E-state index < -0.39 is 82.9 Å². The van der Waals surface area contributed by atoms with Crippen LogP contribution in [-0.4, -0.2) is 106 Å². The molecule has 5 N–H and O–H groups in total. The van der Waals surface area contributed by atoms with E-state index in [9.17, 15) is 34.8 Å². The molecule has 0 unspecified atom stereocenters. The third kappa shape index (κ3) is 8.73. The van der Waals surface area contributed by atoms with Gasteiger partial charge in [-0.2, -0.15) is 0 Å². The average Bonchev–Trinajstić information content (AvgIpc) is 3.73. The summed E-state index contributed by atoms with van der Waals surface area (Å²) < 4.78 is 24.0. The summed E-state index contributed by atoms with van der Waals surface area (Å²) in [7, 11) is 1.47. The van der Waals surface area contributed by atoms with E-state index in [2.05, 4.69) is 29.1 Å². The molecule has 15 nitrogen and oxygen atoms in total. The van der Waals surface area contributed by atoms with Crippen molar-refractivity contribution in [2.75, 3.05) is 32.1 Å². The van der Waals surface area contributed by atoms with Gasteiger partial charge in [0.2, 0.25) is 0 Å². The number of hydrogen-bond acceptors (Lipinski definition) is 14. The molecule has 2 aromatic carbocycles. The van der Waals surface area contributed by atoms with E-state index in [0.29, 0.717) is 24.4 Å². The molecule has 338 valence electrons. The maximum atomic E-state index is 14.7. The number of phenolic OH excluding ortho intramolecular Hbond substituents is 2. The molecule has 0 aliphatic carbocycles. The highest BCUT2D eigenvalue weighted by Crippen LogP contribution is 2.51. The molecule has 4 aliphatic heterocycles. The van der Waals surface area contributed by atoms with Crippen LogP contribution in [0.2, 0.25) is 0 Å². The summed E-state index contributed by atoms with van der Waals surface area (Å²) in [5.74, 6) is -6.47. The number of carbonyl (C=O) groups excluding carboxylic acids is 3. The van der Waals surface area contributed by atoms with Crippen molar-refractivity contribution in [3.05, 3.63) is 58.0 Å². The van der Waals surface area contributed by atoms with Gasteiger partial charge in [-0.15, -0.1) is 0 Å². The highest BCUT2D eigenvalue weighted by Gasteiger charge is 2.51. The first kappa shape index (κ1) is 46.7. The molecule has 0 aromatic heterocycles. The molecule has 1 fully saturated rings. The van der Waals surface area contributed by atoms with Gasteiger partial charge >= 0.3 is 11.8 Å². The largest absolute Gasteiger partial charge is 0.507 e. The lowest BCUT2D eigenvalue weighted by Gasteiger charge is -2.38. The standard InChI is InChI=1S/C47H64N4O11/c1-23(2)15-19-51-20-17-47(18-21-51)49-35-32-33-40(55)29(8)43-34(32)44(57)46(10,62-43)60-22-16-31(59-11)26(5)42(61-30(9)52)28(7)39(54)27(6)38(53)24(3)13-12-14-25(4)45(58)48-37(41(33)56)36(35)50-47/h12-14,16,22-24,26-28,31,38-39,42,49,53-56H,15,17-21H2,1-11H3/b13-12+,22-16+,25-14-,48-37?/t24-,26+,27+,28+,31-,38-,39+,42+,46-/m0/s1. The number of aliphatic hydroxyl groups is 2. The van der Waals surface area contributed by atoms with Crippen LogP contribution in [-0.2, 0) is 23.8 Å². The molecule has 4 bridgehead atoms. The van der Waals surface area contributed by atoms with Crippen molar-refractivity contribution in [1.82, 2.24) is 4.90 Å². The Morgan fingerprint density at radius 2 is 1.66 bits per heavy atom. The predicted octanol–water partition coefficient (Wildman–Crippen LogP) is 5.14. The number of nitrogens with one attached hydrogen (secondary N) is 1. The first-order valence-electron chi connectivity index (χ1n) is 21.7. The molecule has 1 amide bonds. The van der Waals surface area contributed by atoms with Gasteiger partial charge in [-0.1, -0.05) is 59.8 Å². The number of ketones is 1. The highest BCUT2D eigenvalue weighted by atomic mass is 16.7. The van der Waals surface area contributed by atoms with Gasteiger partial charge in [-0.3, -0.25) is 19.4 Å². The van der Waals surface area contributed by atoms with Crippen molar-refractivity contribution in [2.24, 2.45) is 39.6 Å². The number of phenols is 2. The Balaban J connectivity index is 1.54. The number of Topliss-reactive ketones (excluding diaryl/α,β-unsaturated/α-hetero) is 1. The quantitative estimate of drug-likeness (QED) is 0.195. The van der Waals surface area contributed by atoms with Crippen LogP contribution < -0.4 is 20.8 Å². The second-order valence-corrected chi connectivity index (χ2v) is 18.3. The van der Waals surface area contributed by atoms with Gasteiger partial charge in [-0.25, -0.2) is 4.99 Å². The lowest BCUT2D eigenvalue weighted by Crippen LogP contribution is -2.47. The predicted molar refractivity (Wildman–Crippen MR) is 232 cm³/mol. The Bertz CT molecular complexity index is 2310. The fourth-order valence-corrected chi connectivity index (χ4v) is 9.20. The number of hydrogen-bond donors (Lipinski definition) is 5. The summed E-state index contributed by atoms with van der Waals surface area (Å²) in [6.07, 6.45) is 6.14. The number of allylic oxidation sites excluding steroid dienone is 2. The number of likely N-dealkylation sites (tertiary alicyclic amines) is 1. The summed E-state index contributed by atoms with van der Waals surface area (Å²) in [5, 5.41) is 50.6. The van der Waals surface area contributed by atoms with Crippen LogP contribution in [0.15, 0.2) is 46.1 Å². The molecule has 2 aromatic rings. The first-order chi connectivity index (χ1) is 29.1. The molecule has 6 rings (SSSR count). The molecule has 4 heterocycles. The number of methoxy groups -OCH3 is 1. The number of benzene rings is 2. The number of fused-ring (bicyclic) bond motifs is 1. The van der Waals surface area contributed by atoms with E-state index in [0.717, 1.165) is 26.1 Å². The Labute approximate surface area is 363 Å². The summed E-state index contributed by atoms with van der Waals surface area (Å²) in [4.78, 5) is 53.0. The molecule has 1 saturated heterocycles. The molecular weight excluding hydrogens is 797 g/mol. The first-order valence-corrected chi connectivity index (χ1v) is 21.7. The molecule has 62 heavy (non-hydrogen) atoms. The van der Waals surface area contributed by atoms with Gasteiger partial charge in [-0.05, 0) is 38.8 Å². The molecule has 15 heteroatoms. The number of nitrogens with zero attached hydrogens (tertiary/aromatic N) is 3. The van der Waals surface area contributed by atoms with Crippen molar-refractivity contribution in [3.63, 3.8) is 0 Å². The maximum absolute atomic E-state index is 14.7. The van der Waals surface area contributed by atoms with Crippen molar-refractivity contribution < 1.29 is 53.8 Å². The number of anilines is 1. The van der Waals surface area contributed by atoms with Crippen LogP contribution in [0.25, 0.3) is 10.8 Å². The Kier molecular flexibility index (Phi) is 13.6. The van der Waals surface area contributed by atoms with Crippen LogP contribution in [0, 0.1) is 36.5 Å². The van der Waals surface area contributed by atoms with Gasteiger partial charge < -0.3 is 49.6 Å².